The van der Waals surface area contributed by atoms with Crippen LogP contribution in [-0.4, -0.2) is 72.8 Å². The molecule has 0 aromatic rings. The number of aliphatic hydroxyl groups is 2. The summed E-state index contributed by atoms with van der Waals surface area (Å²) in [5, 5.41) is 22.2. The number of hydrogen-bond donors (Lipinski definition) is 3. The second kappa shape index (κ2) is 5.93. The van der Waals surface area contributed by atoms with E-state index in [-0.39, 0.29) is 12.2 Å². The lowest BCUT2D eigenvalue weighted by atomic mass is 9.89. The van der Waals surface area contributed by atoms with Gasteiger partial charge in [0.05, 0.1) is 25.4 Å². The van der Waals surface area contributed by atoms with Gasteiger partial charge in [0.2, 0.25) is 0 Å². The van der Waals surface area contributed by atoms with Crippen LogP contribution < -0.4 is 5.32 Å². The predicted molar refractivity (Wildman–Crippen MR) is 60.3 cm³/mol. The SMILES string of the molecule is OC1CC(NCC(O)CN2CCOCC2)C1. The van der Waals surface area contributed by atoms with Crippen LogP contribution in [0.25, 0.3) is 0 Å². The second-order valence-electron chi connectivity index (χ2n) is 4.80. The minimum absolute atomic E-state index is 0.131. The summed E-state index contributed by atoms with van der Waals surface area (Å²) < 4.78 is 5.25. The number of aliphatic hydroxyl groups excluding tert-OH is 2. The Kier molecular flexibility index (Phi) is 4.55. The highest BCUT2D eigenvalue weighted by molar-refractivity contribution is 4.85. The number of morpholine rings is 1. The molecule has 0 amide bonds. The van der Waals surface area contributed by atoms with E-state index < -0.39 is 0 Å². The molecule has 1 aliphatic heterocycles. The normalized spacial score (nSPS) is 33.4. The van der Waals surface area contributed by atoms with Gasteiger partial charge >= 0.3 is 0 Å². The topological polar surface area (TPSA) is 65.0 Å². The van der Waals surface area contributed by atoms with Crippen LogP contribution in [-0.2, 0) is 4.74 Å². The van der Waals surface area contributed by atoms with Crippen LogP contribution in [0.2, 0.25) is 0 Å². The van der Waals surface area contributed by atoms with Crippen molar-refractivity contribution in [3.8, 4) is 0 Å². The van der Waals surface area contributed by atoms with Gasteiger partial charge in [-0.1, -0.05) is 0 Å². The van der Waals surface area contributed by atoms with Crippen molar-refractivity contribution < 1.29 is 14.9 Å². The molecule has 1 heterocycles. The van der Waals surface area contributed by atoms with Gasteiger partial charge in [-0.25, -0.2) is 0 Å². The van der Waals surface area contributed by atoms with E-state index in [1.54, 1.807) is 0 Å². The third-order valence-corrected chi connectivity index (χ3v) is 3.33. The van der Waals surface area contributed by atoms with Crippen LogP contribution in [0.3, 0.4) is 0 Å². The van der Waals surface area contributed by atoms with E-state index in [9.17, 15) is 5.11 Å². The number of nitrogens with zero attached hydrogens (tertiary/aromatic N) is 1. The highest BCUT2D eigenvalue weighted by Crippen LogP contribution is 2.18. The summed E-state index contributed by atoms with van der Waals surface area (Å²) in [6.07, 6.45) is 1.19. The molecule has 2 fully saturated rings. The Balaban J connectivity index is 1.55. The van der Waals surface area contributed by atoms with Gasteiger partial charge < -0.3 is 20.3 Å². The third kappa shape index (κ3) is 3.68. The Bertz CT molecular complexity index is 203. The van der Waals surface area contributed by atoms with E-state index in [0.29, 0.717) is 19.1 Å². The highest BCUT2D eigenvalue weighted by atomic mass is 16.5. The van der Waals surface area contributed by atoms with Crippen LogP contribution in [0.5, 0.6) is 0 Å². The minimum atomic E-state index is -0.323. The molecule has 0 aromatic carbocycles. The Labute approximate surface area is 96.4 Å². The first-order valence-electron chi connectivity index (χ1n) is 6.13. The molecule has 5 heteroatoms. The zero-order valence-corrected chi connectivity index (χ0v) is 9.64. The lowest BCUT2D eigenvalue weighted by Crippen LogP contribution is -2.49. The van der Waals surface area contributed by atoms with Crippen molar-refractivity contribution in [2.45, 2.75) is 31.1 Å². The monoisotopic (exact) mass is 230 g/mol. The van der Waals surface area contributed by atoms with Crippen LogP contribution >= 0.6 is 0 Å². The average Bonchev–Trinajstić information content (AvgIpc) is 2.24. The zero-order chi connectivity index (χ0) is 11.4. The molecule has 1 saturated heterocycles. The van der Waals surface area contributed by atoms with Crippen molar-refractivity contribution in [3.05, 3.63) is 0 Å². The molecule has 1 atom stereocenters. The molecule has 94 valence electrons. The van der Waals surface area contributed by atoms with Gasteiger partial charge in [-0.2, -0.15) is 0 Å². The van der Waals surface area contributed by atoms with Crippen molar-refractivity contribution in [1.29, 1.82) is 0 Å². The molecule has 16 heavy (non-hydrogen) atoms. The summed E-state index contributed by atoms with van der Waals surface area (Å²) in [6, 6.07) is 0.398. The Hall–Kier alpha value is -0.200. The summed E-state index contributed by atoms with van der Waals surface area (Å²) in [5.41, 5.74) is 0. The molecule has 1 aliphatic carbocycles. The molecular weight excluding hydrogens is 208 g/mol. The van der Waals surface area contributed by atoms with E-state index in [1.807, 2.05) is 0 Å². The summed E-state index contributed by atoms with van der Waals surface area (Å²) >= 11 is 0. The molecular formula is C11H22N2O3. The van der Waals surface area contributed by atoms with Gasteiger partial charge in [-0.3, -0.25) is 4.90 Å². The van der Waals surface area contributed by atoms with E-state index in [2.05, 4.69) is 10.2 Å². The van der Waals surface area contributed by atoms with E-state index in [1.165, 1.54) is 0 Å². The van der Waals surface area contributed by atoms with Gasteiger partial charge in [-0.05, 0) is 12.8 Å². The second-order valence-corrected chi connectivity index (χ2v) is 4.80. The van der Waals surface area contributed by atoms with Gasteiger partial charge in [-0.15, -0.1) is 0 Å². The number of ether oxygens (including phenoxy) is 1. The zero-order valence-electron chi connectivity index (χ0n) is 9.64. The first-order valence-corrected chi connectivity index (χ1v) is 6.13. The van der Waals surface area contributed by atoms with Gasteiger partial charge in [0, 0.05) is 32.2 Å². The molecule has 1 unspecified atom stereocenters. The van der Waals surface area contributed by atoms with Gasteiger partial charge in [0.1, 0.15) is 0 Å². The van der Waals surface area contributed by atoms with Crippen molar-refractivity contribution in [2.75, 3.05) is 39.4 Å². The molecule has 0 bridgehead atoms. The maximum absolute atomic E-state index is 9.83. The average molecular weight is 230 g/mol. The largest absolute Gasteiger partial charge is 0.393 e. The number of nitrogens with one attached hydrogen (secondary N) is 1. The van der Waals surface area contributed by atoms with Crippen molar-refractivity contribution in [1.82, 2.24) is 10.2 Å². The summed E-state index contributed by atoms with van der Waals surface area (Å²) in [4.78, 5) is 2.23. The van der Waals surface area contributed by atoms with Crippen molar-refractivity contribution in [3.63, 3.8) is 0 Å². The smallest absolute Gasteiger partial charge is 0.0791 e. The van der Waals surface area contributed by atoms with Gasteiger partial charge in [0.25, 0.3) is 0 Å². The maximum atomic E-state index is 9.83. The number of hydrogen-bond acceptors (Lipinski definition) is 5. The molecule has 5 nitrogen and oxygen atoms in total. The molecule has 1 saturated carbocycles. The highest BCUT2D eigenvalue weighted by Gasteiger charge is 2.27. The molecule has 0 radical (unpaired) electrons. The number of rotatable bonds is 5. The number of β-amino-alcohol motifs (C(OH)–C–C–N with tert-alkyl or cyclic N) is 1. The van der Waals surface area contributed by atoms with Crippen LogP contribution in [0.15, 0.2) is 0 Å². The van der Waals surface area contributed by atoms with Crippen molar-refractivity contribution in [2.24, 2.45) is 0 Å². The Morgan fingerprint density at radius 2 is 2.00 bits per heavy atom. The minimum Gasteiger partial charge on any atom is -0.393 e. The van der Waals surface area contributed by atoms with Crippen LogP contribution in [0.4, 0.5) is 0 Å². The molecule has 0 aromatic heterocycles. The first-order chi connectivity index (χ1) is 7.74. The quantitative estimate of drug-likeness (QED) is 0.553. The van der Waals surface area contributed by atoms with Crippen molar-refractivity contribution >= 4 is 0 Å². The maximum Gasteiger partial charge on any atom is 0.0791 e. The lowest BCUT2D eigenvalue weighted by Gasteiger charge is -2.34. The fourth-order valence-corrected chi connectivity index (χ4v) is 2.20. The third-order valence-electron chi connectivity index (χ3n) is 3.33. The molecule has 2 aliphatic rings. The van der Waals surface area contributed by atoms with Crippen LogP contribution in [0.1, 0.15) is 12.8 Å². The summed E-state index contributed by atoms with van der Waals surface area (Å²) in [6.45, 7) is 4.71. The standard InChI is InChI=1S/C11H22N2O3/c14-10-5-9(6-10)12-7-11(15)8-13-1-3-16-4-2-13/h9-12,14-15H,1-8H2. The Morgan fingerprint density at radius 1 is 1.31 bits per heavy atom. The summed E-state index contributed by atoms with van der Waals surface area (Å²) in [5.74, 6) is 0. The summed E-state index contributed by atoms with van der Waals surface area (Å²) in [7, 11) is 0. The van der Waals surface area contributed by atoms with E-state index in [4.69, 9.17) is 9.84 Å². The predicted octanol–water partition coefficient (Wildman–Crippen LogP) is -1.21. The fraction of sp³-hybridized carbons (Fsp3) is 1.00. The van der Waals surface area contributed by atoms with E-state index in [0.717, 1.165) is 39.1 Å². The van der Waals surface area contributed by atoms with Gasteiger partial charge in [0.15, 0.2) is 0 Å². The van der Waals surface area contributed by atoms with Crippen LogP contribution in [0, 0.1) is 0 Å². The molecule has 0 spiro atoms. The molecule has 3 N–H and O–H groups in total. The first kappa shape index (κ1) is 12.3. The Morgan fingerprint density at radius 3 is 2.62 bits per heavy atom. The fourth-order valence-electron chi connectivity index (χ4n) is 2.20. The van der Waals surface area contributed by atoms with E-state index >= 15 is 0 Å². The molecule has 2 rings (SSSR count). The lowest BCUT2D eigenvalue weighted by molar-refractivity contribution is 0.0107.